The first-order chi connectivity index (χ1) is 14.8. The number of fused-ring (bicyclic) bond motifs is 1. The number of hydrogen-bond donors (Lipinski definition) is 2. The van der Waals surface area contributed by atoms with Crippen LogP contribution in [0.1, 0.15) is 31.9 Å². The van der Waals surface area contributed by atoms with Gasteiger partial charge in [0.15, 0.2) is 0 Å². The average molecular weight is 419 g/mol. The fourth-order valence-electron chi connectivity index (χ4n) is 2.87. The fourth-order valence-corrected chi connectivity index (χ4v) is 2.87. The van der Waals surface area contributed by atoms with Gasteiger partial charge in [0.2, 0.25) is 0 Å². The maximum absolute atomic E-state index is 12.8. The second-order valence-electron chi connectivity index (χ2n) is 7.89. The number of nitrogens with one attached hydrogen (secondary N) is 2. The zero-order valence-corrected chi connectivity index (χ0v) is 17.7. The molecule has 0 fully saturated rings. The van der Waals surface area contributed by atoms with Gasteiger partial charge in [-0.05, 0) is 32.4 Å². The van der Waals surface area contributed by atoms with Gasteiger partial charge in [-0.25, -0.2) is 10.2 Å². The van der Waals surface area contributed by atoms with Crippen LogP contribution in [-0.4, -0.2) is 39.8 Å². The molecule has 0 bridgehead atoms. The van der Waals surface area contributed by atoms with Crippen LogP contribution in [0, 0.1) is 0 Å². The van der Waals surface area contributed by atoms with Crippen LogP contribution in [0.5, 0.6) is 0 Å². The molecule has 1 heterocycles. The van der Waals surface area contributed by atoms with Gasteiger partial charge in [-0.3, -0.25) is 14.8 Å². The minimum Gasteiger partial charge on any atom is -0.444 e. The molecule has 2 aromatic carbocycles. The highest BCUT2D eigenvalue weighted by molar-refractivity contribution is 5.96. The van der Waals surface area contributed by atoms with Crippen molar-refractivity contribution in [3.05, 3.63) is 72.1 Å². The van der Waals surface area contributed by atoms with Crippen LogP contribution in [0.4, 0.5) is 4.79 Å². The van der Waals surface area contributed by atoms with E-state index in [4.69, 9.17) is 4.74 Å². The maximum Gasteiger partial charge on any atom is 0.408 e. The van der Waals surface area contributed by atoms with E-state index in [2.05, 4.69) is 25.8 Å². The number of carbonyl (C=O) groups is 2. The summed E-state index contributed by atoms with van der Waals surface area (Å²) in [5, 5.41) is 6.68. The van der Waals surface area contributed by atoms with E-state index in [1.165, 1.54) is 6.21 Å². The Labute approximate surface area is 180 Å². The van der Waals surface area contributed by atoms with Crippen LogP contribution in [0.15, 0.2) is 66.0 Å². The van der Waals surface area contributed by atoms with Crippen LogP contribution in [0.25, 0.3) is 11.0 Å². The largest absolute Gasteiger partial charge is 0.444 e. The predicted molar refractivity (Wildman–Crippen MR) is 119 cm³/mol. The van der Waals surface area contributed by atoms with E-state index < -0.39 is 23.6 Å². The number of hydrogen-bond acceptors (Lipinski definition) is 6. The molecular formula is C23H25N5O3. The Kier molecular flexibility index (Phi) is 6.92. The van der Waals surface area contributed by atoms with Crippen molar-refractivity contribution in [2.75, 3.05) is 0 Å². The van der Waals surface area contributed by atoms with E-state index in [9.17, 15) is 9.59 Å². The van der Waals surface area contributed by atoms with E-state index in [0.29, 0.717) is 17.5 Å². The van der Waals surface area contributed by atoms with E-state index in [1.807, 2.05) is 48.5 Å². The van der Waals surface area contributed by atoms with Gasteiger partial charge in [-0.15, -0.1) is 0 Å². The lowest BCUT2D eigenvalue weighted by Gasteiger charge is -2.23. The average Bonchev–Trinajstić information content (AvgIpc) is 2.73. The van der Waals surface area contributed by atoms with Gasteiger partial charge in [-0.2, -0.15) is 5.10 Å². The van der Waals surface area contributed by atoms with Crippen molar-refractivity contribution >= 4 is 29.2 Å². The van der Waals surface area contributed by atoms with Crippen LogP contribution >= 0.6 is 0 Å². The van der Waals surface area contributed by atoms with E-state index in [1.54, 1.807) is 33.2 Å². The van der Waals surface area contributed by atoms with Crippen molar-refractivity contribution in [1.82, 2.24) is 20.7 Å². The molecule has 0 saturated carbocycles. The van der Waals surface area contributed by atoms with Crippen LogP contribution in [0.3, 0.4) is 0 Å². The molecule has 0 aliphatic carbocycles. The first-order valence-corrected chi connectivity index (χ1v) is 9.88. The molecule has 0 spiro atoms. The number of alkyl carbamates (subject to hydrolysis) is 1. The second-order valence-corrected chi connectivity index (χ2v) is 7.89. The number of aromatic nitrogens is 2. The third kappa shape index (κ3) is 6.60. The van der Waals surface area contributed by atoms with E-state index >= 15 is 0 Å². The van der Waals surface area contributed by atoms with Crippen LogP contribution in [-0.2, 0) is 16.0 Å². The quantitative estimate of drug-likeness (QED) is 0.471. The number of benzene rings is 2. The molecule has 0 aliphatic heterocycles. The summed E-state index contributed by atoms with van der Waals surface area (Å²) >= 11 is 0. The van der Waals surface area contributed by atoms with Gasteiger partial charge in [-0.1, -0.05) is 42.5 Å². The Morgan fingerprint density at radius 3 is 2.55 bits per heavy atom. The van der Waals surface area contributed by atoms with Crippen molar-refractivity contribution < 1.29 is 14.3 Å². The number of hydrazone groups is 1. The summed E-state index contributed by atoms with van der Waals surface area (Å²) in [6, 6.07) is 14.0. The lowest BCUT2D eigenvalue weighted by molar-refractivity contribution is -0.123. The molecule has 0 unspecified atom stereocenters. The number of carbonyl (C=O) groups excluding carboxylic acids is 2. The van der Waals surface area contributed by atoms with Crippen LogP contribution < -0.4 is 10.7 Å². The highest BCUT2D eigenvalue weighted by Crippen LogP contribution is 2.12. The molecule has 2 N–H and O–H groups in total. The number of nitrogens with zero attached hydrogens (tertiary/aromatic N) is 3. The Morgan fingerprint density at radius 1 is 1.06 bits per heavy atom. The third-order valence-electron chi connectivity index (χ3n) is 4.20. The highest BCUT2D eigenvalue weighted by Gasteiger charge is 2.24. The van der Waals surface area contributed by atoms with Crippen LogP contribution in [0.2, 0.25) is 0 Å². The maximum atomic E-state index is 12.8. The molecule has 8 heteroatoms. The minimum absolute atomic E-state index is 0.293. The third-order valence-corrected chi connectivity index (χ3v) is 4.20. The molecule has 0 radical (unpaired) electrons. The molecule has 0 aliphatic rings. The number of amides is 2. The number of rotatable bonds is 6. The zero-order chi connectivity index (χ0) is 22.3. The Balaban J connectivity index is 1.72. The van der Waals surface area contributed by atoms with Gasteiger partial charge >= 0.3 is 6.09 Å². The van der Waals surface area contributed by atoms with Gasteiger partial charge in [0.25, 0.3) is 5.91 Å². The van der Waals surface area contributed by atoms with E-state index in [0.717, 1.165) is 11.1 Å². The van der Waals surface area contributed by atoms with Crippen molar-refractivity contribution in [2.24, 2.45) is 5.10 Å². The molecule has 1 atom stereocenters. The normalized spacial score (nSPS) is 12.5. The topological polar surface area (TPSA) is 106 Å². The number of ether oxygens (including phenoxy) is 1. The summed E-state index contributed by atoms with van der Waals surface area (Å²) < 4.78 is 5.29. The molecular weight excluding hydrogens is 394 g/mol. The Morgan fingerprint density at radius 2 is 1.81 bits per heavy atom. The second kappa shape index (κ2) is 9.80. The smallest absolute Gasteiger partial charge is 0.408 e. The SMILES string of the molecule is CC(C)(C)OC(=O)N[C@H](Cc1ccccc1)C(=O)N/N=C\c1cccc2nccnc12. The first kappa shape index (κ1) is 21.9. The van der Waals surface area contributed by atoms with Gasteiger partial charge in [0.1, 0.15) is 11.6 Å². The van der Waals surface area contributed by atoms with E-state index in [-0.39, 0.29) is 0 Å². The lowest BCUT2D eigenvalue weighted by atomic mass is 10.1. The summed E-state index contributed by atoms with van der Waals surface area (Å²) in [7, 11) is 0. The monoisotopic (exact) mass is 419 g/mol. The van der Waals surface area contributed by atoms with Gasteiger partial charge in [0.05, 0.1) is 17.2 Å². The van der Waals surface area contributed by atoms with Crippen molar-refractivity contribution in [2.45, 2.75) is 38.8 Å². The van der Waals surface area contributed by atoms with Gasteiger partial charge < -0.3 is 10.1 Å². The molecule has 160 valence electrons. The summed E-state index contributed by atoms with van der Waals surface area (Å²) in [4.78, 5) is 33.6. The molecule has 31 heavy (non-hydrogen) atoms. The first-order valence-electron chi connectivity index (χ1n) is 9.88. The Bertz CT molecular complexity index is 1070. The standard InChI is InChI=1S/C23H25N5O3/c1-23(2,3)31-22(30)27-19(14-16-8-5-4-6-9-16)21(29)28-26-15-17-10-7-11-18-20(17)25-13-12-24-18/h4-13,15,19H,14H2,1-3H3,(H,27,30)(H,28,29)/b26-15-/t19-/m1/s1. The van der Waals surface area contributed by atoms with Crippen molar-refractivity contribution in [3.8, 4) is 0 Å². The molecule has 8 nitrogen and oxygen atoms in total. The predicted octanol–water partition coefficient (Wildman–Crippen LogP) is 3.22. The fraction of sp³-hybridized carbons (Fsp3) is 0.261. The summed E-state index contributed by atoms with van der Waals surface area (Å²) in [6.07, 6.45) is 4.33. The highest BCUT2D eigenvalue weighted by atomic mass is 16.6. The Hall–Kier alpha value is -3.81. The van der Waals surface area contributed by atoms with Crippen molar-refractivity contribution in [3.63, 3.8) is 0 Å². The summed E-state index contributed by atoms with van der Waals surface area (Å²) in [5.74, 6) is -0.461. The summed E-state index contributed by atoms with van der Waals surface area (Å²) in [5.41, 5.74) is 4.83. The molecule has 3 aromatic rings. The number of para-hydroxylation sites is 1. The molecule has 3 rings (SSSR count). The zero-order valence-electron chi connectivity index (χ0n) is 17.7. The van der Waals surface area contributed by atoms with Gasteiger partial charge in [0, 0.05) is 24.4 Å². The molecule has 2 amide bonds. The van der Waals surface area contributed by atoms with Crippen molar-refractivity contribution in [1.29, 1.82) is 0 Å². The molecule has 1 aromatic heterocycles. The minimum atomic E-state index is -0.860. The summed E-state index contributed by atoms with van der Waals surface area (Å²) in [6.45, 7) is 5.28. The lowest BCUT2D eigenvalue weighted by Crippen LogP contribution is -2.48. The molecule has 0 saturated heterocycles.